The first-order valence-corrected chi connectivity index (χ1v) is 10.6. The maximum atomic E-state index is 12.7. The number of carbonyl (C=O) groups excluding carboxylic acids is 2. The van der Waals surface area contributed by atoms with E-state index in [9.17, 15) is 9.59 Å². The van der Waals surface area contributed by atoms with Crippen molar-refractivity contribution < 1.29 is 14.3 Å². The fourth-order valence-electron chi connectivity index (χ4n) is 3.03. The summed E-state index contributed by atoms with van der Waals surface area (Å²) in [6.45, 7) is 4.87. The van der Waals surface area contributed by atoms with Crippen molar-refractivity contribution in [3.8, 4) is 5.75 Å². The molecule has 3 rings (SSSR count). The van der Waals surface area contributed by atoms with Crippen molar-refractivity contribution in [2.45, 2.75) is 13.8 Å². The van der Waals surface area contributed by atoms with Crippen LogP contribution in [0.15, 0.2) is 78.9 Å². The summed E-state index contributed by atoms with van der Waals surface area (Å²) in [7, 11) is 1.74. The molecule has 3 aromatic rings. The molecule has 0 atom stereocenters. The van der Waals surface area contributed by atoms with Gasteiger partial charge in [-0.3, -0.25) is 9.59 Å². The summed E-state index contributed by atoms with van der Waals surface area (Å²) >= 11 is 0. The van der Waals surface area contributed by atoms with Crippen molar-refractivity contribution in [2.75, 3.05) is 35.7 Å². The number of hydrogen-bond donors (Lipinski definition) is 2. The molecule has 0 saturated heterocycles. The number of rotatable bonds is 9. The molecule has 0 aliphatic heterocycles. The molecule has 2 amide bonds. The van der Waals surface area contributed by atoms with E-state index in [1.807, 2.05) is 54.6 Å². The van der Waals surface area contributed by atoms with E-state index in [1.54, 1.807) is 36.2 Å². The van der Waals surface area contributed by atoms with Gasteiger partial charge in [-0.1, -0.05) is 44.2 Å². The summed E-state index contributed by atoms with van der Waals surface area (Å²) in [4.78, 5) is 26.7. The monoisotopic (exact) mass is 431 g/mol. The summed E-state index contributed by atoms with van der Waals surface area (Å²) < 4.78 is 5.81. The van der Waals surface area contributed by atoms with Gasteiger partial charge in [0.15, 0.2) is 0 Å². The number of nitrogens with zero attached hydrogens (tertiary/aromatic N) is 1. The second kappa shape index (κ2) is 11.0. The normalized spacial score (nSPS) is 10.5. The maximum Gasteiger partial charge on any atom is 0.258 e. The minimum absolute atomic E-state index is 0.0967. The number of amides is 2. The van der Waals surface area contributed by atoms with Crippen molar-refractivity contribution >= 4 is 28.9 Å². The lowest BCUT2D eigenvalue weighted by Gasteiger charge is -2.17. The second-order valence-electron chi connectivity index (χ2n) is 7.88. The van der Waals surface area contributed by atoms with Crippen LogP contribution < -0.4 is 20.3 Å². The molecule has 0 spiro atoms. The fraction of sp³-hybridized carbons (Fsp3) is 0.231. The largest absolute Gasteiger partial charge is 0.491 e. The average molecular weight is 432 g/mol. The van der Waals surface area contributed by atoms with Crippen LogP contribution in [0.25, 0.3) is 0 Å². The van der Waals surface area contributed by atoms with Crippen LogP contribution >= 0.6 is 0 Å². The van der Waals surface area contributed by atoms with Crippen LogP contribution in [0.1, 0.15) is 24.2 Å². The van der Waals surface area contributed by atoms with Gasteiger partial charge in [0.1, 0.15) is 5.75 Å². The fourth-order valence-corrected chi connectivity index (χ4v) is 3.03. The molecule has 0 bridgehead atoms. The van der Waals surface area contributed by atoms with E-state index in [4.69, 9.17) is 4.74 Å². The molecular formula is C26H29N3O3. The zero-order chi connectivity index (χ0) is 22.9. The van der Waals surface area contributed by atoms with Gasteiger partial charge in [-0.15, -0.1) is 0 Å². The standard InChI is InChI=1S/C26H29N3O3/c1-19(2)18-32-24-12-8-7-11-23(24)27-17-25(30)28-21-15-13-20(14-16-21)26(31)29(3)22-9-5-4-6-10-22/h4-16,19,27H,17-18H2,1-3H3,(H,28,30). The molecule has 0 unspecified atom stereocenters. The molecule has 0 aliphatic carbocycles. The number of carbonyl (C=O) groups is 2. The van der Waals surface area contributed by atoms with Crippen LogP contribution in [0, 0.1) is 5.92 Å². The van der Waals surface area contributed by atoms with Gasteiger partial charge in [0.05, 0.1) is 18.8 Å². The summed E-state index contributed by atoms with van der Waals surface area (Å²) in [5, 5.41) is 5.96. The molecule has 6 nitrogen and oxygen atoms in total. The number of nitrogens with one attached hydrogen (secondary N) is 2. The topological polar surface area (TPSA) is 70.7 Å². The van der Waals surface area contributed by atoms with Crippen molar-refractivity contribution in [3.05, 3.63) is 84.4 Å². The van der Waals surface area contributed by atoms with Gasteiger partial charge in [-0.2, -0.15) is 0 Å². The molecular weight excluding hydrogens is 402 g/mol. The average Bonchev–Trinajstić information content (AvgIpc) is 2.82. The first-order valence-electron chi connectivity index (χ1n) is 10.6. The lowest BCUT2D eigenvalue weighted by molar-refractivity contribution is -0.114. The van der Waals surface area contributed by atoms with Crippen LogP contribution in [0.4, 0.5) is 17.1 Å². The van der Waals surface area contributed by atoms with Gasteiger partial charge in [-0.05, 0) is 54.4 Å². The van der Waals surface area contributed by atoms with Gasteiger partial charge >= 0.3 is 0 Å². The molecule has 3 aromatic carbocycles. The Bertz CT molecular complexity index is 1030. The third kappa shape index (κ3) is 6.35. The summed E-state index contributed by atoms with van der Waals surface area (Å²) in [6.07, 6.45) is 0. The van der Waals surface area contributed by atoms with Gasteiger partial charge in [0.2, 0.25) is 5.91 Å². The van der Waals surface area contributed by atoms with Crippen molar-refractivity contribution in [3.63, 3.8) is 0 Å². The summed E-state index contributed by atoms with van der Waals surface area (Å²) in [5.74, 6) is 0.825. The van der Waals surface area contributed by atoms with E-state index < -0.39 is 0 Å². The minimum Gasteiger partial charge on any atom is -0.491 e. The minimum atomic E-state index is -0.191. The smallest absolute Gasteiger partial charge is 0.258 e. The third-order valence-corrected chi connectivity index (χ3v) is 4.76. The molecule has 0 aliphatic rings. The van der Waals surface area contributed by atoms with Gasteiger partial charge in [-0.25, -0.2) is 0 Å². The highest BCUT2D eigenvalue weighted by atomic mass is 16.5. The van der Waals surface area contributed by atoms with Crippen LogP contribution in [0.3, 0.4) is 0 Å². The van der Waals surface area contributed by atoms with E-state index in [0.717, 1.165) is 17.1 Å². The highest BCUT2D eigenvalue weighted by Crippen LogP contribution is 2.24. The van der Waals surface area contributed by atoms with E-state index >= 15 is 0 Å². The van der Waals surface area contributed by atoms with E-state index in [-0.39, 0.29) is 18.4 Å². The Labute approximate surface area is 189 Å². The Balaban J connectivity index is 1.55. The highest BCUT2D eigenvalue weighted by molar-refractivity contribution is 6.06. The molecule has 166 valence electrons. The number of para-hydroxylation sites is 3. The third-order valence-electron chi connectivity index (χ3n) is 4.76. The maximum absolute atomic E-state index is 12.7. The van der Waals surface area contributed by atoms with Gasteiger partial charge < -0.3 is 20.3 Å². The highest BCUT2D eigenvalue weighted by Gasteiger charge is 2.13. The molecule has 0 saturated carbocycles. The molecule has 6 heteroatoms. The van der Waals surface area contributed by atoms with Crippen molar-refractivity contribution in [1.29, 1.82) is 0 Å². The van der Waals surface area contributed by atoms with Gasteiger partial charge in [0, 0.05) is 24.0 Å². The van der Waals surface area contributed by atoms with E-state index in [0.29, 0.717) is 23.8 Å². The van der Waals surface area contributed by atoms with Crippen LogP contribution in [-0.4, -0.2) is 32.0 Å². The lowest BCUT2D eigenvalue weighted by Crippen LogP contribution is -2.26. The number of ether oxygens (including phenoxy) is 1. The zero-order valence-corrected chi connectivity index (χ0v) is 18.7. The van der Waals surface area contributed by atoms with Crippen LogP contribution in [0.2, 0.25) is 0 Å². The lowest BCUT2D eigenvalue weighted by atomic mass is 10.1. The summed E-state index contributed by atoms with van der Waals surface area (Å²) in [6, 6.07) is 23.9. The first-order chi connectivity index (χ1) is 15.4. The zero-order valence-electron chi connectivity index (χ0n) is 18.7. The van der Waals surface area contributed by atoms with Gasteiger partial charge in [0.25, 0.3) is 5.91 Å². The number of anilines is 3. The van der Waals surface area contributed by atoms with E-state index in [1.165, 1.54) is 0 Å². The molecule has 0 aromatic heterocycles. The van der Waals surface area contributed by atoms with Crippen molar-refractivity contribution in [2.24, 2.45) is 5.92 Å². The Morgan fingerprint density at radius 2 is 1.56 bits per heavy atom. The summed E-state index contributed by atoms with van der Waals surface area (Å²) in [5.41, 5.74) is 2.76. The van der Waals surface area contributed by atoms with Crippen LogP contribution in [-0.2, 0) is 4.79 Å². The Morgan fingerprint density at radius 3 is 2.25 bits per heavy atom. The number of benzene rings is 3. The second-order valence-corrected chi connectivity index (χ2v) is 7.88. The Hall–Kier alpha value is -3.80. The Kier molecular flexibility index (Phi) is 7.86. The molecule has 0 radical (unpaired) electrons. The van der Waals surface area contributed by atoms with E-state index in [2.05, 4.69) is 24.5 Å². The number of hydrogen-bond acceptors (Lipinski definition) is 4. The molecule has 32 heavy (non-hydrogen) atoms. The Morgan fingerprint density at radius 1 is 0.906 bits per heavy atom. The SMILES string of the molecule is CC(C)COc1ccccc1NCC(=O)Nc1ccc(C(=O)N(C)c2ccccc2)cc1. The first kappa shape index (κ1) is 22.9. The van der Waals surface area contributed by atoms with Crippen molar-refractivity contribution in [1.82, 2.24) is 0 Å². The molecule has 2 N–H and O–H groups in total. The molecule has 0 fully saturated rings. The van der Waals surface area contributed by atoms with Crippen LogP contribution in [0.5, 0.6) is 5.75 Å². The quantitative estimate of drug-likeness (QED) is 0.497. The predicted molar refractivity (Wildman–Crippen MR) is 130 cm³/mol. The molecule has 0 heterocycles. The predicted octanol–water partition coefficient (Wildman–Crippen LogP) is 5.05.